The Morgan fingerprint density at radius 2 is 2.00 bits per heavy atom. The monoisotopic (exact) mass is 291 g/mol. The van der Waals surface area contributed by atoms with Crippen molar-refractivity contribution in [2.75, 3.05) is 0 Å². The van der Waals surface area contributed by atoms with Crippen LogP contribution in [0, 0.1) is 17.0 Å². The topological polar surface area (TPSA) is 69.4 Å². The first kappa shape index (κ1) is 14.0. The first-order chi connectivity index (χ1) is 9.51. The van der Waals surface area contributed by atoms with Crippen LogP contribution in [0.25, 0.3) is 0 Å². The summed E-state index contributed by atoms with van der Waals surface area (Å²) < 4.78 is 5.55. The molecular formula is C14H10ClNO4. The van der Waals surface area contributed by atoms with Crippen LogP contribution in [0.4, 0.5) is 5.69 Å². The first-order valence-electron chi connectivity index (χ1n) is 5.69. The Labute approximate surface area is 119 Å². The fourth-order valence-corrected chi connectivity index (χ4v) is 1.87. The highest BCUT2D eigenvalue weighted by atomic mass is 35.5. The van der Waals surface area contributed by atoms with E-state index in [4.69, 9.17) is 16.3 Å². The summed E-state index contributed by atoms with van der Waals surface area (Å²) in [4.78, 5) is 20.8. The summed E-state index contributed by atoms with van der Waals surface area (Å²) in [6.07, 6.45) is 0.762. The lowest BCUT2D eigenvalue weighted by atomic mass is 10.1. The number of nitrogens with zero attached hydrogens (tertiary/aromatic N) is 1. The van der Waals surface area contributed by atoms with Gasteiger partial charge < -0.3 is 4.74 Å². The predicted molar refractivity (Wildman–Crippen MR) is 74.7 cm³/mol. The maximum absolute atomic E-state index is 10.7. The van der Waals surface area contributed by atoms with Crippen molar-refractivity contribution in [2.45, 2.75) is 6.92 Å². The summed E-state index contributed by atoms with van der Waals surface area (Å²) in [7, 11) is 0. The van der Waals surface area contributed by atoms with E-state index in [2.05, 4.69) is 0 Å². The molecule has 5 nitrogen and oxygen atoms in total. The second-order valence-electron chi connectivity index (χ2n) is 4.11. The van der Waals surface area contributed by atoms with Crippen LogP contribution >= 0.6 is 11.6 Å². The predicted octanol–water partition coefficient (Wildman–Crippen LogP) is 4.16. The molecule has 0 aliphatic carbocycles. The van der Waals surface area contributed by atoms with Crippen molar-refractivity contribution in [3.8, 4) is 11.5 Å². The van der Waals surface area contributed by atoms with E-state index >= 15 is 0 Å². The third-order valence-electron chi connectivity index (χ3n) is 2.72. The van der Waals surface area contributed by atoms with Crippen LogP contribution in [0.15, 0.2) is 36.4 Å². The lowest BCUT2D eigenvalue weighted by molar-refractivity contribution is -0.384. The Morgan fingerprint density at radius 3 is 2.55 bits per heavy atom. The highest BCUT2D eigenvalue weighted by Crippen LogP contribution is 2.32. The molecule has 2 aromatic rings. The van der Waals surface area contributed by atoms with E-state index in [-0.39, 0.29) is 10.7 Å². The highest BCUT2D eigenvalue weighted by molar-refractivity contribution is 6.32. The molecule has 0 spiro atoms. The van der Waals surface area contributed by atoms with Gasteiger partial charge in [0.25, 0.3) is 5.69 Å². The maximum atomic E-state index is 10.7. The van der Waals surface area contributed by atoms with Gasteiger partial charge in [-0.2, -0.15) is 0 Å². The van der Waals surface area contributed by atoms with Crippen LogP contribution in [0.5, 0.6) is 11.5 Å². The van der Waals surface area contributed by atoms with Gasteiger partial charge in [0.05, 0.1) is 9.95 Å². The van der Waals surface area contributed by atoms with E-state index < -0.39 is 4.92 Å². The van der Waals surface area contributed by atoms with Crippen molar-refractivity contribution in [1.29, 1.82) is 0 Å². The van der Waals surface area contributed by atoms with Gasteiger partial charge in [0.2, 0.25) is 0 Å². The molecule has 0 aliphatic rings. The largest absolute Gasteiger partial charge is 0.456 e. The molecule has 20 heavy (non-hydrogen) atoms. The summed E-state index contributed by atoms with van der Waals surface area (Å²) >= 11 is 5.94. The molecule has 0 fully saturated rings. The summed E-state index contributed by atoms with van der Waals surface area (Å²) in [5.41, 5.74) is 1.25. The number of aryl methyl sites for hydroxylation is 1. The lowest BCUT2D eigenvalue weighted by Crippen LogP contribution is -1.91. The Morgan fingerprint density at radius 1 is 1.25 bits per heavy atom. The minimum atomic E-state index is -0.529. The highest BCUT2D eigenvalue weighted by Gasteiger charge is 2.11. The van der Waals surface area contributed by atoms with Crippen LogP contribution in [0.1, 0.15) is 15.9 Å². The molecule has 0 amide bonds. The molecule has 102 valence electrons. The number of halogens is 1. The third-order valence-corrected chi connectivity index (χ3v) is 3.02. The Kier molecular flexibility index (Phi) is 4.00. The van der Waals surface area contributed by atoms with E-state index in [0.29, 0.717) is 17.1 Å². The molecule has 0 atom stereocenters. The normalized spacial score (nSPS) is 10.1. The SMILES string of the molecule is Cc1cc(Oc2ccc([N+](=O)[O-])cc2Cl)ccc1C=O. The molecule has 0 bridgehead atoms. The number of ether oxygens (including phenoxy) is 1. The average molecular weight is 292 g/mol. The van der Waals surface area contributed by atoms with Gasteiger partial charge in [-0.3, -0.25) is 14.9 Å². The zero-order valence-electron chi connectivity index (χ0n) is 10.5. The summed E-state index contributed by atoms with van der Waals surface area (Å²) in [6, 6.07) is 8.94. The Hall–Kier alpha value is -2.40. The molecule has 0 radical (unpaired) electrons. The smallest absolute Gasteiger partial charge is 0.271 e. The fourth-order valence-electron chi connectivity index (χ4n) is 1.66. The number of nitro groups is 1. The minimum Gasteiger partial charge on any atom is -0.456 e. The van der Waals surface area contributed by atoms with Crippen molar-refractivity contribution in [3.63, 3.8) is 0 Å². The van der Waals surface area contributed by atoms with Crippen molar-refractivity contribution < 1.29 is 14.5 Å². The van der Waals surface area contributed by atoms with E-state index in [1.165, 1.54) is 18.2 Å². The molecule has 0 aliphatic heterocycles. The van der Waals surface area contributed by atoms with E-state index in [9.17, 15) is 14.9 Å². The molecule has 0 N–H and O–H groups in total. The van der Waals surface area contributed by atoms with Gasteiger partial charge in [0.1, 0.15) is 17.8 Å². The fraction of sp³-hybridized carbons (Fsp3) is 0.0714. The molecule has 2 rings (SSSR count). The Bertz CT molecular complexity index is 685. The first-order valence-corrected chi connectivity index (χ1v) is 6.06. The number of rotatable bonds is 4. The van der Waals surface area contributed by atoms with Gasteiger partial charge in [-0.15, -0.1) is 0 Å². The second kappa shape index (κ2) is 5.71. The summed E-state index contributed by atoms with van der Waals surface area (Å²) in [6.45, 7) is 1.79. The zero-order chi connectivity index (χ0) is 14.7. The number of hydrogen-bond acceptors (Lipinski definition) is 4. The molecule has 0 heterocycles. The summed E-state index contributed by atoms with van der Waals surface area (Å²) in [5.74, 6) is 0.819. The van der Waals surface area contributed by atoms with Crippen molar-refractivity contribution >= 4 is 23.6 Å². The van der Waals surface area contributed by atoms with Crippen molar-refractivity contribution in [3.05, 3.63) is 62.7 Å². The van der Waals surface area contributed by atoms with Gasteiger partial charge in [0.15, 0.2) is 0 Å². The average Bonchev–Trinajstić information content (AvgIpc) is 2.41. The van der Waals surface area contributed by atoms with Crippen molar-refractivity contribution in [1.82, 2.24) is 0 Å². The molecule has 2 aromatic carbocycles. The van der Waals surface area contributed by atoms with Crippen LogP contribution in [-0.2, 0) is 0 Å². The van der Waals surface area contributed by atoms with E-state index in [1.807, 2.05) is 0 Å². The number of hydrogen-bond donors (Lipinski definition) is 0. The Balaban J connectivity index is 2.28. The van der Waals surface area contributed by atoms with Crippen LogP contribution < -0.4 is 4.74 Å². The number of nitro benzene ring substituents is 1. The molecule has 0 saturated carbocycles. The van der Waals surface area contributed by atoms with Crippen molar-refractivity contribution in [2.24, 2.45) is 0 Å². The minimum absolute atomic E-state index is 0.102. The molecule has 0 unspecified atom stereocenters. The number of carbonyl (C=O) groups excluding carboxylic acids is 1. The van der Waals surface area contributed by atoms with Gasteiger partial charge in [-0.1, -0.05) is 11.6 Å². The van der Waals surface area contributed by atoms with Gasteiger partial charge in [-0.25, -0.2) is 0 Å². The van der Waals surface area contributed by atoms with Crippen LogP contribution in [0.3, 0.4) is 0 Å². The number of aldehydes is 1. The maximum Gasteiger partial charge on any atom is 0.271 e. The molecule has 0 saturated heterocycles. The van der Waals surface area contributed by atoms with Gasteiger partial charge in [0, 0.05) is 17.7 Å². The van der Waals surface area contributed by atoms with Crippen LogP contribution in [-0.4, -0.2) is 11.2 Å². The molecule has 6 heteroatoms. The molecule has 0 aromatic heterocycles. The second-order valence-corrected chi connectivity index (χ2v) is 4.52. The van der Waals surface area contributed by atoms with Gasteiger partial charge in [-0.05, 0) is 36.8 Å². The van der Waals surface area contributed by atoms with E-state index in [0.717, 1.165) is 11.8 Å². The number of benzene rings is 2. The van der Waals surface area contributed by atoms with Crippen LogP contribution in [0.2, 0.25) is 5.02 Å². The van der Waals surface area contributed by atoms with Gasteiger partial charge >= 0.3 is 0 Å². The zero-order valence-corrected chi connectivity index (χ0v) is 11.3. The standard InChI is InChI=1S/C14H10ClNO4/c1-9-6-12(4-2-10(9)8-17)20-14-5-3-11(16(18)19)7-13(14)15/h2-8H,1H3. The molecular weight excluding hydrogens is 282 g/mol. The third kappa shape index (κ3) is 2.95. The number of carbonyl (C=O) groups is 1. The summed E-state index contributed by atoms with van der Waals surface area (Å²) in [5, 5.41) is 10.8. The van der Waals surface area contributed by atoms with E-state index in [1.54, 1.807) is 25.1 Å². The quantitative estimate of drug-likeness (QED) is 0.482. The lowest BCUT2D eigenvalue weighted by Gasteiger charge is -2.08. The number of non-ortho nitro benzene ring substituents is 1.